The molecule has 7 heteroatoms. The predicted octanol–water partition coefficient (Wildman–Crippen LogP) is 5.45. The van der Waals surface area contributed by atoms with Gasteiger partial charge in [0.2, 0.25) is 5.88 Å². The van der Waals surface area contributed by atoms with Gasteiger partial charge < -0.3 is 14.8 Å². The Kier molecular flexibility index (Phi) is 7.70. The van der Waals surface area contributed by atoms with E-state index in [0.717, 1.165) is 16.7 Å². The Hall–Kier alpha value is -3.71. The van der Waals surface area contributed by atoms with Gasteiger partial charge in [0, 0.05) is 24.8 Å². The predicted molar refractivity (Wildman–Crippen MR) is 138 cm³/mol. The number of fused-ring (bicyclic) bond motifs is 1. The van der Waals surface area contributed by atoms with Gasteiger partial charge in [-0.2, -0.15) is 0 Å². The number of esters is 1. The quantitative estimate of drug-likeness (QED) is 0.426. The molecule has 1 amide bonds. The average molecular weight is 488 g/mol. The van der Waals surface area contributed by atoms with Crippen LogP contribution in [0.1, 0.15) is 62.9 Å². The lowest BCUT2D eigenvalue weighted by Gasteiger charge is -2.37. The fraction of sp³-hybridized carbons (Fsp3) is 0.345. The number of aromatic nitrogens is 1. The van der Waals surface area contributed by atoms with Crippen LogP contribution in [0.4, 0.5) is 5.69 Å². The Morgan fingerprint density at radius 3 is 2.42 bits per heavy atom. The Balaban J connectivity index is 1.77. The maximum atomic E-state index is 13.1. The van der Waals surface area contributed by atoms with Crippen LogP contribution in [-0.4, -0.2) is 34.0 Å². The van der Waals surface area contributed by atoms with Crippen molar-refractivity contribution in [3.05, 3.63) is 89.6 Å². The number of anilines is 1. The van der Waals surface area contributed by atoms with Crippen LogP contribution in [0.25, 0.3) is 0 Å². The topological polar surface area (TPSA) is 80.8 Å². The van der Waals surface area contributed by atoms with Crippen molar-refractivity contribution in [1.82, 2.24) is 9.88 Å². The van der Waals surface area contributed by atoms with Gasteiger partial charge in [-0.1, -0.05) is 60.7 Å². The number of carbonyl (C=O) groups excluding carboxylic acids is 2. The zero-order valence-corrected chi connectivity index (χ0v) is 21.2. The van der Waals surface area contributed by atoms with Crippen molar-refractivity contribution in [2.24, 2.45) is 0 Å². The van der Waals surface area contributed by atoms with Gasteiger partial charge in [-0.25, -0.2) is 4.98 Å². The molecule has 0 radical (unpaired) electrons. The van der Waals surface area contributed by atoms with Gasteiger partial charge in [0.05, 0.1) is 6.42 Å². The van der Waals surface area contributed by atoms with E-state index in [1.165, 1.54) is 0 Å². The minimum atomic E-state index is -0.604. The molecule has 1 aliphatic heterocycles. The first-order valence-corrected chi connectivity index (χ1v) is 12.2. The number of nitrogens with zero attached hydrogens (tertiary/aromatic N) is 2. The van der Waals surface area contributed by atoms with Crippen LogP contribution in [-0.2, 0) is 20.9 Å². The fourth-order valence-corrected chi connectivity index (χ4v) is 4.38. The van der Waals surface area contributed by atoms with Gasteiger partial charge in [0.25, 0.3) is 5.91 Å². The third kappa shape index (κ3) is 6.49. The molecule has 7 nitrogen and oxygen atoms in total. The smallest absolute Gasteiger partial charge is 0.308 e. The number of rotatable bonds is 8. The molecular formula is C29H33N3O4. The summed E-state index contributed by atoms with van der Waals surface area (Å²) >= 11 is 0. The molecule has 0 spiro atoms. The van der Waals surface area contributed by atoms with Crippen molar-refractivity contribution in [3.8, 4) is 5.88 Å². The lowest BCUT2D eigenvalue weighted by Crippen LogP contribution is -2.35. The third-order valence-corrected chi connectivity index (χ3v) is 6.04. The molecule has 188 valence electrons. The van der Waals surface area contributed by atoms with E-state index in [1.807, 2.05) is 63.2 Å². The van der Waals surface area contributed by atoms with Gasteiger partial charge in [0.1, 0.15) is 11.3 Å². The molecule has 0 fully saturated rings. The van der Waals surface area contributed by atoms with E-state index >= 15 is 0 Å². The molecular weight excluding hydrogens is 454 g/mol. The lowest BCUT2D eigenvalue weighted by atomic mass is 9.97. The van der Waals surface area contributed by atoms with Crippen molar-refractivity contribution in [1.29, 1.82) is 0 Å². The first-order chi connectivity index (χ1) is 17.2. The Morgan fingerprint density at radius 2 is 1.75 bits per heavy atom. The van der Waals surface area contributed by atoms with Gasteiger partial charge >= 0.3 is 5.97 Å². The van der Waals surface area contributed by atoms with E-state index < -0.39 is 5.60 Å². The molecule has 0 saturated carbocycles. The summed E-state index contributed by atoms with van der Waals surface area (Å²) in [6.07, 6.45) is 1.84. The van der Waals surface area contributed by atoms with Crippen LogP contribution in [0, 0.1) is 0 Å². The fourth-order valence-electron chi connectivity index (χ4n) is 4.38. The van der Waals surface area contributed by atoms with Crippen LogP contribution >= 0.6 is 0 Å². The van der Waals surface area contributed by atoms with E-state index in [-0.39, 0.29) is 37.0 Å². The Bertz CT molecular complexity index is 1190. The molecule has 2 aromatic carbocycles. The molecule has 4 rings (SSSR count). The molecule has 1 aliphatic rings. The Labute approximate surface area is 212 Å². The summed E-state index contributed by atoms with van der Waals surface area (Å²) in [5.74, 6) is -0.159. The number of carbonyl (C=O) groups is 2. The molecule has 2 atom stereocenters. The van der Waals surface area contributed by atoms with Crippen molar-refractivity contribution in [3.63, 3.8) is 0 Å². The normalized spacial score (nSPS) is 14.9. The van der Waals surface area contributed by atoms with E-state index in [2.05, 4.69) is 46.4 Å². The average Bonchev–Trinajstić information content (AvgIpc) is 2.85. The minimum absolute atomic E-state index is 0.0271. The highest BCUT2D eigenvalue weighted by atomic mass is 16.6. The summed E-state index contributed by atoms with van der Waals surface area (Å²) in [4.78, 5) is 31.8. The molecule has 0 aliphatic carbocycles. The number of nitrogens with one attached hydrogen (secondary N) is 1. The second kappa shape index (κ2) is 10.9. The highest BCUT2D eigenvalue weighted by molar-refractivity contribution is 5.94. The molecule has 1 N–H and O–H groups in total. The molecule has 0 saturated heterocycles. The van der Waals surface area contributed by atoms with Crippen molar-refractivity contribution < 1.29 is 19.1 Å². The molecule has 3 aromatic rings. The zero-order valence-electron chi connectivity index (χ0n) is 21.2. The molecule has 0 bridgehead atoms. The van der Waals surface area contributed by atoms with E-state index in [0.29, 0.717) is 18.1 Å². The molecule has 1 unspecified atom stereocenters. The minimum Gasteiger partial charge on any atom is -0.466 e. The van der Waals surface area contributed by atoms with Gasteiger partial charge in [-0.3, -0.25) is 14.5 Å². The van der Waals surface area contributed by atoms with Crippen LogP contribution in [0.3, 0.4) is 0 Å². The summed E-state index contributed by atoms with van der Waals surface area (Å²) in [5, 5.41) is 2.84. The van der Waals surface area contributed by atoms with Crippen LogP contribution in [0.5, 0.6) is 5.88 Å². The van der Waals surface area contributed by atoms with Crippen LogP contribution < -0.4 is 10.1 Å². The lowest BCUT2D eigenvalue weighted by molar-refractivity contribution is -0.156. The van der Waals surface area contributed by atoms with Crippen LogP contribution in [0.2, 0.25) is 0 Å². The second-order valence-corrected chi connectivity index (χ2v) is 10.0. The molecule has 1 aromatic heterocycles. The largest absolute Gasteiger partial charge is 0.466 e. The van der Waals surface area contributed by atoms with E-state index in [1.54, 1.807) is 6.20 Å². The first-order valence-electron chi connectivity index (χ1n) is 12.2. The second-order valence-electron chi connectivity index (χ2n) is 10.0. The summed E-state index contributed by atoms with van der Waals surface area (Å²) in [5.41, 5.74) is 2.95. The monoisotopic (exact) mass is 487 g/mol. The number of amides is 1. The Morgan fingerprint density at radius 1 is 1.08 bits per heavy atom. The maximum absolute atomic E-state index is 13.1. The zero-order chi connectivity index (χ0) is 25.7. The highest BCUT2D eigenvalue weighted by Gasteiger charge is 2.32. The standard InChI is InChI=1S/C29H33N3O4/c1-20(22-13-9-6-10-14-22)32(18-21-11-7-5-8-12-21)25(16-27(34)36-29(2,3)4)23-15-24-28(30-17-23)35-19-26(33)31-24/h5-15,17,20,25H,16,18-19H2,1-4H3,(H,31,33)/t20-,25?/m0/s1. The maximum Gasteiger partial charge on any atom is 0.308 e. The van der Waals surface area contributed by atoms with Gasteiger partial charge in [-0.15, -0.1) is 0 Å². The number of ether oxygens (including phenoxy) is 2. The number of pyridine rings is 1. The van der Waals surface area contributed by atoms with Crippen LogP contribution in [0.15, 0.2) is 72.9 Å². The summed E-state index contributed by atoms with van der Waals surface area (Å²) in [7, 11) is 0. The number of hydrogen-bond acceptors (Lipinski definition) is 6. The number of hydrogen-bond donors (Lipinski definition) is 1. The van der Waals surface area contributed by atoms with Gasteiger partial charge in [0.15, 0.2) is 6.61 Å². The summed E-state index contributed by atoms with van der Waals surface area (Å²) in [6.45, 7) is 8.26. The van der Waals surface area contributed by atoms with E-state index in [9.17, 15) is 9.59 Å². The van der Waals surface area contributed by atoms with Gasteiger partial charge in [-0.05, 0) is 50.5 Å². The SMILES string of the molecule is C[C@@H](c1ccccc1)N(Cc1ccccc1)C(CC(=O)OC(C)(C)C)c1cnc2c(c1)NC(=O)CO2. The van der Waals surface area contributed by atoms with Crippen molar-refractivity contribution >= 4 is 17.6 Å². The van der Waals surface area contributed by atoms with Crippen molar-refractivity contribution in [2.45, 2.75) is 58.3 Å². The van der Waals surface area contributed by atoms with E-state index in [4.69, 9.17) is 9.47 Å². The number of benzene rings is 2. The highest BCUT2D eigenvalue weighted by Crippen LogP contribution is 2.37. The first kappa shape index (κ1) is 25.4. The molecule has 2 heterocycles. The summed E-state index contributed by atoms with van der Waals surface area (Å²) < 4.78 is 11.2. The summed E-state index contributed by atoms with van der Waals surface area (Å²) in [6, 6.07) is 21.8. The molecule has 36 heavy (non-hydrogen) atoms. The van der Waals surface area contributed by atoms with Crippen molar-refractivity contribution in [2.75, 3.05) is 11.9 Å². The third-order valence-electron chi connectivity index (χ3n) is 6.04.